The van der Waals surface area contributed by atoms with Crippen molar-refractivity contribution < 1.29 is 4.79 Å². The molecule has 102 valence electrons. The molecule has 1 aliphatic heterocycles. The fraction of sp³-hybridized carbons (Fsp3) is 0.278. The number of hydrogen-bond donors (Lipinski definition) is 0. The van der Waals surface area contributed by atoms with E-state index in [9.17, 15) is 4.79 Å². The van der Waals surface area contributed by atoms with Crippen molar-refractivity contribution in [2.75, 3.05) is 11.9 Å². The van der Waals surface area contributed by atoms with Crippen LogP contribution in [-0.2, 0) is 16.6 Å². The molecule has 3 rings (SSSR count). The van der Waals surface area contributed by atoms with Crippen LogP contribution in [0.4, 0.5) is 5.69 Å². The third-order valence-corrected chi connectivity index (χ3v) is 4.39. The average Bonchev–Trinajstić information content (AvgIpc) is 2.69. The molecule has 0 bridgehead atoms. The Hall–Kier alpha value is -2.09. The highest BCUT2D eigenvalue weighted by atomic mass is 16.2. The lowest BCUT2D eigenvalue weighted by atomic mass is 9.79. The van der Waals surface area contributed by atoms with Gasteiger partial charge in [0.1, 0.15) is 0 Å². The predicted molar refractivity (Wildman–Crippen MR) is 82.0 cm³/mol. The molecule has 0 aromatic heterocycles. The summed E-state index contributed by atoms with van der Waals surface area (Å²) in [6.07, 6.45) is 1.77. The Labute approximate surface area is 120 Å². The summed E-state index contributed by atoms with van der Waals surface area (Å²) < 4.78 is 0. The minimum absolute atomic E-state index is 0.203. The number of aryl methyl sites for hydroxylation is 1. The molecule has 2 aromatic carbocycles. The largest absolute Gasteiger partial charge is 0.314 e. The van der Waals surface area contributed by atoms with Gasteiger partial charge in [0.25, 0.3) is 0 Å². The molecule has 2 heteroatoms. The maximum Gasteiger partial charge on any atom is 0.237 e. The van der Waals surface area contributed by atoms with Gasteiger partial charge in [-0.15, -0.1) is 0 Å². The van der Waals surface area contributed by atoms with Gasteiger partial charge in [-0.05, 0) is 37.0 Å². The molecule has 2 aromatic rings. The average molecular weight is 265 g/mol. The van der Waals surface area contributed by atoms with Gasteiger partial charge in [0.05, 0.1) is 5.41 Å². The quantitative estimate of drug-likeness (QED) is 0.831. The van der Waals surface area contributed by atoms with Crippen LogP contribution in [-0.4, -0.2) is 13.0 Å². The molecule has 20 heavy (non-hydrogen) atoms. The van der Waals surface area contributed by atoms with Crippen LogP contribution >= 0.6 is 0 Å². The summed E-state index contributed by atoms with van der Waals surface area (Å²) >= 11 is 0. The summed E-state index contributed by atoms with van der Waals surface area (Å²) in [5, 5.41) is 0. The highest BCUT2D eigenvalue weighted by Gasteiger charge is 2.45. The third-order valence-electron chi connectivity index (χ3n) is 4.39. The smallest absolute Gasteiger partial charge is 0.237 e. The minimum atomic E-state index is -0.402. The number of anilines is 1. The summed E-state index contributed by atoms with van der Waals surface area (Å²) in [4.78, 5) is 14.4. The zero-order chi connectivity index (χ0) is 14.2. The second kappa shape index (κ2) is 4.78. The fourth-order valence-corrected chi connectivity index (χ4v) is 3.11. The normalized spacial score (nSPS) is 21.1. The number of carbonyl (C=O) groups is 1. The first-order chi connectivity index (χ1) is 9.63. The van der Waals surface area contributed by atoms with E-state index in [4.69, 9.17) is 0 Å². The first-order valence-corrected chi connectivity index (χ1v) is 7.04. The summed E-state index contributed by atoms with van der Waals surface area (Å²) in [6, 6.07) is 18.5. The van der Waals surface area contributed by atoms with E-state index in [-0.39, 0.29) is 5.91 Å². The molecule has 0 radical (unpaired) electrons. The lowest BCUT2D eigenvalue weighted by Crippen LogP contribution is -2.36. The van der Waals surface area contributed by atoms with Gasteiger partial charge in [-0.2, -0.15) is 0 Å². The third kappa shape index (κ3) is 1.92. The Morgan fingerprint density at radius 2 is 1.65 bits per heavy atom. The van der Waals surface area contributed by atoms with Gasteiger partial charge in [-0.1, -0.05) is 48.5 Å². The standard InChI is InChI=1S/C18H19NO/c1-18(13-12-14-8-4-3-5-9-14)15-10-6-7-11-16(15)19(2)17(18)20/h3-11H,12-13H2,1-2H3/t18-/m0/s1. The Bertz CT molecular complexity index is 635. The second-order valence-electron chi connectivity index (χ2n) is 5.70. The SMILES string of the molecule is CN1C(=O)[C@@](C)(CCc2ccccc2)c2ccccc21. The van der Waals surface area contributed by atoms with Crippen molar-refractivity contribution >= 4 is 11.6 Å². The summed E-state index contributed by atoms with van der Waals surface area (Å²) in [6.45, 7) is 2.07. The lowest BCUT2D eigenvalue weighted by molar-refractivity contribution is -0.122. The van der Waals surface area contributed by atoms with E-state index in [2.05, 4.69) is 25.1 Å². The second-order valence-corrected chi connectivity index (χ2v) is 5.70. The van der Waals surface area contributed by atoms with Crippen molar-refractivity contribution in [3.63, 3.8) is 0 Å². The maximum absolute atomic E-state index is 12.6. The number of fused-ring (bicyclic) bond motifs is 1. The number of amides is 1. The molecule has 2 nitrogen and oxygen atoms in total. The molecule has 1 aliphatic rings. The van der Waals surface area contributed by atoms with E-state index in [0.717, 1.165) is 24.1 Å². The van der Waals surface area contributed by atoms with Crippen molar-refractivity contribution in [1.82, 2.24) is 0 Å². The van der Waals surface area contributed by atoms with Crippen LogP contribution in [0, 0.1) is 0 Å². The van der Waals surface area contributed by atoms with Gasteiger partial charge >= 0.3 is 0 Å². The molecular weight excluding hydrogens is 246 g/mol. The van der Waals surface area contributed by atoms with Gasteiger partial charge in [0.2, 0.25) is 5.91 Å². The van der Waals surface area contributed by atoms with Crippen molar-refractivity contribution in [3.8, 4) is 0 Å². The van der Waals surface area contributed by atoms with Crippen molar-refractivity contribution in [1.29, 1.82) is 0 Å². The minimum Gasteiger partial charge on any atom is -0.314 e. The molecule has 0 spiro atoms. The van der Waals surface area contributed by atoms with E-state index in [1.807, 2.05) is 43.4 Å². The Morgan fingerprint density at radius 1 is 1.00 bits per heavy atom. The van der Waals surface area contributed by atoms with Crippen LogP contribution in [0.3, 0.4) is 0 Å². The first-order valence-electron chi connectivity index (χ1n) is 7.04. The van der Waals surface area contributed by atoms with Gasteiger partial charge in [0, 0.05) is 12.7 Å². The topological polar surface area (TPSA) is 20.3 Å². The number of nitrogens with zero attached hydrogens (tertiary/aromatic N) is 1. The number of likely N-dealkylation sites (N-methyl/N-ethyl adjacent to an activating group) is 1. The van der Waals surface area contributed by atoms with Crippen LogP contribution in [0.25, 0.3) is 0 Å². The predicted octanol–water partition coefficient (Wildman–Crippen LogP) is 3.55. The molecule has 1 atom stereocenters. The molecule has 1 heterocycles. The molecular formula is C18H19NO. The first kappa shape index (κ1) is 12.9. The number of para-hydroxylation sites is 1. The summed E-state index contributed by atoms with van der Waals surface area (Å²) in [7, 11) is 1.87. The van der Waals surface area contributed by atoms with Crippen molar-refractivity contribution in [3.05, 3.63) is 65.7 Å². The molecule has 0 unspecified atom stereocenters. The van der Waals surface area contributed by atoms with Gasteiger partial charge in [-0.3, -0.25) is 4.79 Å². The zero-order valence-electron chi connectivity index (χ0n) is 12.0. The summed E-state index contributed by atoms with van der Waals surface area (Å²) in [5.74, 6) is 0.203. The monoisotopic (exact) mass is 265 g/mol. The van der Waals surface area contributed by atoms with Crippen LogP contribution < -0.4 is 4.90 Å². The molecule has 0 saturated carbocycles. The molecule has 0 fully saturated rings. The zero-order valence-corrected chi connectivity index (χ0v) is 12.0. The molecule has 1 amide bonds. The van der Waals surface area contributed by atoms with E-state index in [0.29, 0.717) is 0 Å². The van der Waals surface area contributed by atoms with E-state index in [1.165, 1.54) is 5.56 Å². The fourth-order valence-electron chi connectivity index (χ4n) is 3.11. The van der Waals surface area contributed by atoms with Crippen LogP contribution in [0.2, 0.25) is 0 Å². The number of hydrogen-bond acceptors (Lipinski definition) is 1. The van der Waals surface area contributed by atoms with Gasteiger partial charge < -0.3 is 4.90 Å². The van der Waals surface area contributed by atoms with Crippen LogP contribution in [0.1, 0.15) is 24.5 Å². The van der Waals surface area contributed by atoms with Gasteiger partial charge in [0.15, 0.2) is 0 Å². The van der Waals surface area contributed by atoms with E-state index < -0.39 is 5.41 Å². The molecule has 0 aliphatic carbocycles. The van der Waals surface area contributed by atoms with E-state index in [1.54, 1.807) is 4.90 Å². The Balaban J connectivity index is 1.90. The number of benzene rings is 2. The van der Waals surface area contributed by atoms with Crippen LogP contribution in [0.5, 0.6) is 0 Å². The summed E-state index contributed by atoms with van der Waals surface area (Å²) in [5.41, 5.74) is 3.09. The van der Waals surface area contributed by atoms with Gasteiger partial charge in [-0.25, -0.2) is 0 Å². The number of carbonyl (C=O) groups excluding carboxylic acids is 1. The highest BCUT2D eigenvalue weighted by molar-refractivity contribution is 6.07. The van der Waals surface area contributed by atoms with Crippen LogP contribution in [0.15, 0.2) is 54.6 Å². The Morgan fingerprint density at radius 3 is 2.40 bits per heavy atom. The number of rotatable bonds is 3. The van der Waals surface area contributed by atoms with Crippen molar-refractivity contribution in [2.45, 2.75) is 25.2 Å². The van der Waals surface area contributed by atoms with E-state index >= 15 is 0 Å². The Kier molecular flexibility index (Phi) is 3.09. The lowest BCUT2D eigenvalue weighted by Gasteiger charge is -2.23. The molecule has 0 saturated heterocycles. The van der Waals surface area contributed by atoms with Crippen molar-refractivity contribution in [2.24, 2.45) is 0 Å². The molecule has 0 N–H and O–H groups in total. The highest BCUT2D eigenvalue weighted by Crippen LogP contribution is 2.43. The maximum atomic E-state index is 12.6.